The van der Waals surface area contributed by atoms with Crippen LogP contribution in [0, 0.1) is 13.8 Å². The molecular formula is C20H23N5O3. The summed E-state index contributed by atoms with van der Waals surface area (Å²) in [6, 6.07) is 7.92. The van der Waals surface area contributed by atoms with Crippen molar-refractivity contribution in [1.82, 2.24) is 19.5 Å². The van der Waals surface area contributed by atoms with Gasteiger partial charge in [-0.2, -0.15) is 5.10 Å². The molecule has 2 amide bonds. The van der Waals surface area contributed by atoms with Gasteiger partial charge >= 0.3 is 0 Å². The molecule has 1 aliphatic heterocycles. The first kappa shape index (κ1) is 18.4. The summed E-state index contributed by atoms with van der Waals surface area (Å²) in [6.07, 6.45) is 0.172. The smallest absolute Gasteiger partial charge is 0.248 e. The van der Waals surface area contributed by atoms with Gasteiger partial charge in [-0.3, -0.25) is 9.59 Å². The van der Waals surface area contributed by atoms with Crippen LogP contribution in [0.4, 0.5) is 0 Å². The van der Waals surface area contributed by atoms with E-state index in [1.165, 1.54) is 0 Å². The number of benzene rings is 1. The molecule has 1 aliphatic rings. The van der Waals surface area contributed by atoms with Crippen LogP contribution in [-0.2, 0) is 20.7 Å². The first-order chi connectivity index (χ1) is 13.5. The lowest BCUT2D eigenvalue weighted by atomic mass is 10.1. The zero-order valence-electron chi connectivity index (χ0n) is 16.0. The maximum absolute atomic E-state index is 12.6. The number of carbonyl (C=O) groups excluding carboxylic acids is 2. The Kier molecular flexibility index (Phi) is 4.72. The highest BCUT2D eigenvalue weighted by molar-refractivity contribution is 5.92. The Morgan fingerprint density at radius 2 is 2.07 bits per heavy atom. The van der Waals surface area contributed by atoms with Crippen LogP contribution in [0.3, 0.4) is 0 Å². The maximum Gasteiger partial charge on any atom is 0.248 e. The molecular weight excluding hydrogens is 358 g/mol. The fourth-order valence-electron chi connectivity index (χ4n) is 3.78. The largest absolute Gasteiger partial charge is 0.367 e. The summed E-state index contributed by atoms with van der Waals surface area (Å²) < 4.78 is 7.16. The number of fused-ring (bicyclic) bond motifs is 3. The van der Waals surface area contributed by atoms with Gasteiger partial charge in [-0.1, -0.05) is 12.1 Å². The van der Waals surface area contributed by atoms with Gasteiger partial charge in [-0.25, -0.2) is 9.50 Å². The quantitative estimate of drug-likeness (QED) is 0.730. The number of amides is 2. The first-order valence-electron chi connectivity index (χ1n) is 9.38. The predicted octanol–water partition coefficient (Wildman–Crippen LogP) is 1.14. The van der Waals surface area contributed by atoms with Gasteiger partial charge in [0.05, 0.1) is 18.7 Å². The number of hydrogen-bond acceptors (Lipinski definition) is 5. The Hall–Kier alpha value is -3.00. The van der Waals surface area contributed by atoms with Crippen molar-refractivity contribution in [3.05, 3.63) is 41.2 Å². The van der Waals surface area contributed by atoms with Gasteiger partial charge in [0, 0.05) is 29.7 Å². The van der Waals surface area contributed by atoms with Crippen molar-refractivity contribution in [2.75, 3.05) is 19.7 Å². The number of nitrogens with zero attached hydrogens (tertiary/aromatic N) is 4. The third-order valence-electron chi connectivity index (χ3n) is 5.34. The van der Waals surface area contributed by atoms with Crippen molar-refractivity contribution in [3.63, 3.8) is 0 Å². The fourth-order valence-corrected chi connectivity index (χ4v) is 3.78. The van der Waals surface area contributed by atoms with E-state index in [2.05, 4.69) is 5.10 Å². The van der Waals surface area contributed by atoms with Gasteiger partial charge in [0.2, 0.25) is 11.8 Å². The third kappa shape index (κ3) is 3.20. The molecule has 2 aromatic heterocycles. The molecule has 1 unspecified atom stereocenters. The van der Waals surface area contributed by atoms with Gasteiger partial charge in [-0.05, 0) is 38.0 Å². The number of ether oxygens (including phenoxy) is 1. The molecule has 2 N–H and O–H groups in total. The molecule has 8 nitrogen and oxygen atoms in total. The lowest BCUT2D eigenvalue weighted by Gasteiger charge is -2.31. The normalized spacial score (nSPS) is 17.4. The second-order valence-electron chi connectivity index (χ2n) is 7.12. The van der Waals surface area contributed by atoms with Gasteiger partial charge in [0.25, 0.3) is 0 Å². The summed E-state index contributed by atoms with van der Waals surface area (Å²) in [5.41, 5.74) is 9.94. The molecule has 1 atom stereocenters. The predicted molar refractivity (Wildman–Crippen MR) is 104 cm³/mol. The highest BCUT2D eigenvalue weighted by Crippen LogP contribution is 2.23. The van der Waals surface area contributed by atoms with Crippen molar-refractivity contribution < 1.29 is 14.3 Å². The van der Waals surface area contributed by atoms with E-state index in [1.54, 1.807) is 4.90 Å². The Bertz CT molecular complexity index is 1070. The molecule has 3 heterocycles. The summed E-state index contributed by atoms with van der Waals surface area (Å²) in [4.78, 5) is 30.4. The number of morpholine rings is 1. The maximum atomic E-state index is 12.6. The monoisotopic (exact) mass is 381 g/mol. The van der Waals surface area contributed by atoms with Crippen LogP contribution in [0.5, 0.6) is 0 Å². The second kappa shape index (κ2) is 7.20. The van der Waals surface area contributed by atoms with E-state index in [4.69, 9.17) is 15.5 Å². The van der Waals surface area contributed by atoms with Crippen molar-refractivity contribution in [1.29, 1.82) is 0 Å². The minimum absolute atomic E-state index is 0.0147. The van der Waals surface area contributed by atoms with Crippen LogP contribution >= 0.6 is 0 Å². The summed E-state index contributed by atoms with van der Waals surface area (Å²) in [5.74, 6) is -0.552. The van der Waals surface area contributed by atoms with Crippen molar-refractivity contribution in [2.45, 2.75) is 32.8 Å². The van der Waals surface area contributed by atoms with Crippen molar-refractivity contribution in [2.24, 2.45) is 5.73 Å². The fraction of sp³-hybridized carbons (Fsp3) is 0.400. The molecule has 0 aliphatic carbocycles. The summed E-state index contributed by atoms with van der Waals surface area (Å²) in [5, 5.41) is 5.67. The van der Waals surface area contributed by atoms with E-state index in [9.17, 15) is 9.59 Å². The van der Waals surface area contributed by atoms with Crippen LogP contribution in [0.1, 0.15) is 23.4 Å². The minimum Gasteiger partial charge on any atom is -0.367 e. The van der Waals surface area contributed by atoms with Crippen LogP contribution in [-0.4, -0.2) is 57.1 Å². The lowest BCUT2D eigenvalue weighted by molar-refractivity contribution is -0.145. The first-order valence-corrected chi connectivity index (χ1v) is 9.38. The topological polar surface area (TPSA) is 103 Å². The molecule has 3 aromatic rings. The lowest BCUT2D eigenvalue weighted by Crippen LogP contribution is -2.50. The Labute approximate surface area is 162 Å². The molecule has 4 rings (SSSR count). The van der Waals surface area contributed by atoms with Gasteiger partial charge in [0.15, 0.2) is 11.8 Å². The standard InChI is InChI=1S/C20H23N5O3/c1-12-14(7-8-18(26)24-9-10-28-17(11-24)19(21)27)13(2)25-20(22-12)15-5-3-4-6-16(15)23-25/h3-6,17H,7-11H2,1-2H3,(H2,21,27). The van der Waals surface area contributed by atoms with E-state index in [0.29, 0.717) is 26.0 Å². The summed E-state index contributed by atoms with van der Waals surface area (Å²) in [6.45, 7) is 4.98. The molecule has 1 saturated heterocycles. The Morgan fingerprint density at radius 1 is 1.29 bits per heavy atom. The zero-order valence-corrected chi connectivity index (χ0v) is 16.0. The average molecular weight is 381 g/mol. The molecule has 28 heavy (non-hydrogen) atoms. The minimum atomic E-state index is -0.726. The zero-order chi connectivity index (χ0) is 19.8. The highest BCUT2D eigenvalue weighted by atomic mass is 16.5. The number of carbonyl (C=O) groups is 2. The molecule has 0 radical (unpaired) electrons. The number of nitrogens with two attached hydrogens (primary N) is 1. The summed E-state index contributed by atoms with van der Waals surface area (Å²) in [7, 11) is 0. The molecule has 0 spiro atoms. The van der Waals surface area contributed by atoms with Crippen molar-refractivity contribution >= 4 is 28.4 Å². The van der Waals surface area contributed by atoms with Gasteiger partial charge in [0.1, 0.15) is 0 Å². The van der Waals surface area contributed by atoms with E-state index in [-0.39, 0.29) is 12.5 Å². The number of aromatic nitrogens is 3. The Balaban J connectivity index is 1.55. The molecule has 8 heteroatoms. The van der Waals surface area contributed by atoms with Crippen molar-refractivity contribution in [3.8, 4) is 0 Å². The number of primary amides is 1. The van der Waals surface area contributed by atoms with Crippen LogP contribution < -0.4 is 5.73 Å². The SMILES string of the molecule is Cc1nc2c3ccccc3nn2c(C)c1CCC(=O)N1CCOC(C(N)=O)C1. The average Bonchev–Trinajstić information content (AvgIpc) is 3.06. The summed E-state index contributed by atoms with van der Waals surface area (Å²) >= 11 is 0. The number of rotatable bonds is 4. The molecule has 0 saturated carbocycles. The third-order valence-corrected chi connectivity index (χ3v) is 5.34. The van der Waals surface area contributed by atoms with E-state index < -0.39 is 12.0 Å². The highest BCUT2D eigenvalue weighted by Gasteiger charge is 2.27. The molecule has 1 fully saturated rings. The van der Waals surface area contributed by atoms with Gasteiger partial charge < -0.3 is 15.4 Å². The van der Waals surface area contributed by atoms with E-state index in [1.807, 2.05) is 42.6 Å². The molecule has 1 aromatic carbocycles. The van der Waals surface area contributed by atoms with Crippen LogP contribution in [0.15, 0.2) is 24.3 Å². The molecule has 0 bridgehead atoms. The number of hydrogen-bond donors (Lipinski definition) is 1. The van der Waals surface area contributed by atoms with Crippen LogP contribution in [0.25, 0.3) is 16.6 Å². The van der Waals surface area contributed by atoms with Crippen LogP contribution in [0.2, 0.25) is 0 Å². The second-order valence-corrected chi connectivity index (χ2v) is 7.12. The Morgan fingerprint density at radius 3 is 2.86 bits per heavy atom. The van der Waals surface area contributed by atoms with E-state index in [0.717, 1.165) is 33.5 Å². The number of aryl methyl sites for hydroxylation is 2. The van der Waals surface area contributed by atoms with E-state index >= 15 is 0 Å². The van der Waals surface area contributed by atoms with Gasteiger partial charge in [-0.15, -0.1) is 0 Å². The molecule has 146 valence electrons.